The Morgan fingerprint density at radius 3 is 2.26 bits per heavy atom. The van der Waals surface area contributed by atoms with Crippen LogP contribution in [-0.4, -0.2) is 44.2 Å². The third-order valence-corrected chi connectivity index (χ3v) is 10.1. The maximum Gasteiger partial charge on any atom is 0.329 e. The van der Waals surface area contributed by atoms with Gasteiger partial charge in [-0.15, -0.1) is 0 Å². The van der Waals surface area contributed by atoms with Crippen LogP contribution in [0, 0.1) is 5.92 Å². The van der Waals surface area contributed by atoms with Crippen LogP contribution in [0.4, 0.5) is 0 Å². The molecule has 242 valence electrons. The van der Waals surface area contributed by atoms with E-state index in [4.69, 9.17) is 14.5 Å². The molecular weight excluding hydrogens is 600 g/mol. The molecule has 3 aromatic carbocycles. The van der Waals surface area contributed by atoms with E-state index in [1.165, 1.54) is 18.4 Å². The smallest absolute Gasteiger partial charge is 0.329 e. The zero-order valence-electron chi connectivity index (χ0n) is 26.9. The van der Waals surface area contributed by atoms with Crippen LogP contribution in [0.5, 0.6) is 11.5 Å². The minimum Gasteiger partial charge on any atom is -0.467 e. The Kier molecular flexibility index (Phi) is 10.1. The molecule has 4 aromatic rings. The summed E-state index contributed by atoms with van der Waals surface area (Å²) in [7, 11) is -2.60. The van der Waals surface area contributed by atoms with Gasteiger partial charge in [-0.2, -0.15) is 0 Å². The molecule has 0 radical (unpaired) electrons. The normalized spacial score (nSPS) is 14.6. The maximum absolute atomic E-state index is 13.6. The summed E-state index contributed by atoms with van der Waals surface area (Å²) in [4.78, 5) is 31.0. The van der Waals surface area contributed by atoms with Gasteiger partial charge in [-0.25, -0.2) is 18.2 Å². The molecule has 0 saturated heterocycles. The fourth-order valence-corrected chi connectivity index (χ4v) is 7.51. The molecular formula is C37H42N2O6S. The van der Waals surface area contributed by atoms with Crippen molar-refractivity contribution in [1.29, 1.82) is 0 Å². The van der Waals surface area contributed by atoms with Crippen molar-refractivity contribution in [3.63, 3.8) is 0 Å². The largest absolute Gasteiger partial charge is 0.467 e. The molecule has 1 fully saturated rings. The van der Waals surface area contributed by atoms with Crippen LogP contribution < -0.4 is 10.1 Å². The molecule has 0 spiro atoms. The average molecular weight is 643 g/mol. The van der Waals surface area contributed by atoms with Crippen LogP contribution in [0.15, 0.2) is 78.9 Å². The molecule has 1 heterocycles. The van der Waals surface area contributed by atoms with E-state index in [-0.39, 0.29) is 16.9 Å². The number of esters is 1. The van der Waals surface area contributed by atoms with Crippen molar-refractivity contribution in [2.45, 2.75) is 70.1 Å². The number of benzene rings is 3. The van der Waals surface area contributed by atoms with Crippen LogP contribution in [0.3, 0.4) is 0 Å². The van der Waals surface area contributed by atoms with Gasteiger partial charge in [0.25, 0.3) is 5.91 Å². The predicted molar refractivity (Wildman–Crippen MR) is 180 cm³/mol. The lowest BCUT2D eigenvalue weighted by Crippen LogP contribution is -2.46. The summed E-state index contributed by atoms with van der Waals surface area (Å²) in [6.07, 6.45) is 5.23. The third kappa shape index (κ3) is 8.51. The highest BCUT2D eigenvalue weighted by atomic mass is 32.2. The highest BCUT2D eigenvalue weighted by Crippen LogP contribution is 2.33. The van der Waals surface area contributed by atoms with Gasteiger partial charge in [0.05, 0.1) is 18.6 Å². The molecule has 1 N–H and O–H groups in total. The Bertz CT molecular complexity index is 1790. The highest BCUT2D eigenvalue weighted by Gasteiger charge is 2.29. The number of amides is 1. The number of hydrogen-bond acceptors (Lipinski definition) is 7. The Balaban J connectivity index is 1.41. The number of aromatic nitrogens is 1. The van der Waals surface area contributed by atoms with Crippen molar-refractivity contribution in [2.75, 3.05) is 12.9 Å². The fraction of sp³-hybridized carbons (Fsp3) is 0.378. The Labute approximate surface area is 271 Å². The van der Waals surface area contributed by atoms with Crippen LogP contribution in [0.25, 0.3) is 10.8 Å². The van der Waals surface area contributed by atoms with Gasteiger partial charge in [0.2, 0.25) is 0 Å². The lowest BCUT2D eigenvalue weighted by Gasteiger charge is -2.19. The second-order valence-corrected chi connectivity index (χ2v) is 15.3. The number of carbonyl (C=O) groups is 2. The number of rotatable bonds is 11. The summed E-state index contributed by atoms with van der Waals surface area (Å²) < 4.78 is 37.1. The van der Waals surface area contributed by atoms with Gasteiger partial charge in [-0.3, -0.25) is 4.79 Å². The second-order valence-electron chi connectivity index (χ2n) is 13.2. The second kappa shape index (κ2) is 14.0. The van der Waals surface area contributed by atoms with Crippen molar-refractivity contribution < 1.29 is 27.5 Å². The third-order valence-electron chi connectivity index (χ3n) is 8.47. The summed E-state index contributed by atoms with van der Waals surface area (Å²) in [5.41, 5.74) is 2.74. The average Bonchev–Trinajstić information content (AvgIpc) is 3.53. The number of carbonyl (C=O) groups excluding carboxylic acids is 2. The van der Waals surface area contributed by atoms with Gasteiger partial charge in [0, 0.05) is 11.1 Å². The number of fused-ring (bicyclic) bond motifs is 1. The lowest BCUT2D eigenvalue weighted by molar-refractivity contribution is -0.142. The first-order valence-electron chi connectivity index (χ1n) is 15.8. The molecule has 0 bridgehead atoms. The standard InChI is InChI=1S/C37H42N2O6S/c1-37(2,3)28-15-18-29(19-16-28)45-30-17-14-27-21-33(38-32(31(27)22-30)20-25-10-8-9-11-25)35(40)39-34(36(41)44-4)24-46(42,43)23-26-12-6-5-7-13-26/h5-7,12-19,21-22,25,34H,8-11,20,23-24H2,1-4H3,(H,39,40)/t34-/m1/s1. The van der Waals surface area contributed by atoms with Gasteiger partial charge < -0.3 is 14.8 Å². The van der Waals surface area contributed by atoms with E-state index in [1.54, 1.807) is 36.4 Å². The molecule has 9 heteroatoms. The van der Waals surface area contributed by atoms with E-state index in [0.717, 1.165) is 42.2 Å². The quantitative estimate of drug-likeness (QED) is 0.176. The van der Waals surface area contributed by atoms with Crippen molar-refractivity contribution in [1.82, 2.24) is 10.3 Å². The molecule has 1 aliphatic carbocycles. The minimum absolute atomic E-state index is 0.0412. The van der Waals surface area contributed by atoms with E-state index < -0.39 is 33.5 Å². The van der Waals surface area contributed by atoms with Crippen LogP contribution in [-0.2, 0) is 37.0 Å². The summed E-state index contributed by atoms with van der Waals surface area (Å²) in [5.74, 6) is -0.493. The molecule has 1 aliphatic rings. The van der Waals surface area contributed by atoms with Gasteiger partial charge in [0.15, 0.2) is 9.84 Å². The molecule has 5 rings (SSSR count). The van der Waals surface area contributed by atoms with E-state index in [0.29, 0.717) is 23.7 Å². The highest BCUT2D eigenvalue weighted by molar-refractivity contribution is 7.90. The zero-order valence-corrected chi connectivity index (χ0v) is 27.7. The SMILES string of the molecule is COC(=O)[C@@H](CS(=O)(=O)Cc1ccccc1)NC(=O)c1cc2ccc(Oc3ccc(C(C)(C)C)cc3)cc2c(CC2CCCC2)n1. The fourth-order valence-electron chi connectivity index (χ4n) is 5.96. The number of nitrogens with one attached hydrogen (secondary N) is 1. The molecule has 1 amide bonds. The predicted octanol–water partition coefficient (Wildman–Crippen LogP) is 6.94. The molecule has 46 heavy (non-hydrogen) atoms. The number of methoxy groups -OCH3 is 1. The monoisotopic (exact) mass is 642 g/mol. The maximum atomic E-state index is 13.6. The molecule has 0 aliphatic heterocycles. The van der Waals surface area contributed by atoms with Gasteiger partial charge >= 0.3 is 5.97 Å². The molecule has 1 aromatic heterocycles. The summed E-state index contributed by atoms with van der Waals surface area (Å²) >= 11 is 0. The van der Waals surface area contributed by atoms with E-state index >= 15 is 0 Å². The number of ether oxygens (including phenoxy) is 2. The van der Waals surface area contributed by atoms with E-state index in [2.05, 4.69) is 38.2 Å². The first-order valence-corrected chi connectivity index (χ1v) is 17.6. The first-order chi connectivity index (χ1) is 21.9. The zero-order chi connectivity index (χ0) is 32.9. The Hall–Kier alpha value is -4.24. The van der Waals surface area contributed by atoms with E-state index in [1.807, 2.05) is 30.3 Å². The summed E-state index contributed by atoms with van der Waals surface area (Å²) in [6, 6.07) is 22.8. The molecule has 0 unspecified atom stereocenters. The topological polar surface area (TPSA) is 112 Å². The Morgan fingerprint density at radius 2 is 1.61 bits per heavy atom. The van der Waals surface area contributed by atoms with Crippen molar-refractivity contribution in [3.05, 3.63) is 101 Å². The molecule has 1 atom stereocenters. The summed E-state index contributed by atoms with van der Waals surface area (Å²) in [6.45, 7) is 6.51. The Morgan fingerprint density at radius 1 is 0.935 bits per heavy atom. The lowest BCUT2D eigenvalue weighted by atomic mass is 9.87. The molecule has 8 nitrogen and oxygen atoms in total. The molecule has 1 saturated carbocycles. The van der Waals surface area contributed by atoms with Crippen molar-refractivity contribution >= 4 is 32.5 Å². The van der Waals surface area contributed by atoms with Crippen LogP contribution >= 0.6 is 0 Å². The number of pyridine rings is 1. The van der Waals surface area contributed by atoms with Crippen LogP contribution in [0.1, 0.15) is 73.8 Å². The van der Waals surface area contributed by atoms with E-state index in [9.17, 15) is 18.0 Å². The number of hydrogen-bond donors (Lipinski definition) is 1. The van der Waals surface area contributed by atoms with Gasteiger partial charge in [-0.05, 0) is 64.6 Å². The summed E-state index contributed by atoms with van der Waals surface area (Å²) in [5, 5.41) is 4.28. The van der Waals surface area contributed by atoms with Gasteiger partial charge in [0.1, 0.15) is 23.2 Å². The minimum atomic E-state index is -3.77. The number of nitrogens with zero attached hydrogens (tertiary/aromatic N) is 1. The number of sulfone groups is 1. The first kappa shape index (κ1) is 33.1. The van der Waals surface area contributed by atoms with Crippen LogP contribution in [0.2, 0.25) is 0 Å². The van der Waals surface area contributed by atoms with Gasteiger partial charge in [-0.1, -0.05) is 95.0 Å². The van der Waals surface area contributed by atoms with Crippen molar-refractivity contribution in [3.8, 4) is 11.5 Å². The van der Waals surface area contributed by atoms with Crippen molar-refractivity contribution in [2.24, 2.45) is 5.92 Å².